The largest absolute Gasteiger partial charge is 0.503 e. The number of hydrogen-bond donors (Lipinski definition) is 1. The van der Waals surface area contributed by atoms with Crippen LogP contribution in [-0.2, 0) is 4.79 Å². The van der Waals surface area contributed by atoms with Crippen LogP contribution < -0.4 is 4.90 Å². The molecule has 0 bridgehead atoms. The summed E-state index contributed by atoms with van der Waals surface area (Å²) in [4.78, 5) is 26.6. The summed E-state index contributed by atoms with van der Waals surface area (Å²) in [6.07, 6.45) is 1.25. The third-order valence-corrected chi connectivity index (χ3v) is 4.56. The van der Waals surface area contributed by atoms with Crippen LogP contribution >= 0.6 is 0 Å². The number of aliphatic hydroxyl groups is 1. The molecule has 0 spiro atoms. The van der Waals surface area contributed by atoms with Crippen LogP contribution in [0.5, 0.6) is 0 Å². The highest BCUT2D eigenvalue weighted by molar-refractivity contribution is 6.20. The van der Waals surface area contributed by atoms with Crippen molar-refractivity contribution >= 4 is 17.4 Å². The number of halogens is 3. The van der Waals surface area contributed by atoms with E-state index in [0.717, 1.165) is 35.2 Å². The molecule has 0 saturated carbocycles. The van der Waals surface area contributed by atoms with Crippen LogP contribution in [0.3, 0.4) is 0 Å². The Bertz CT molecular complexity index is 1140. The Labute approximate surface area is 162 Å². The van der Waals surface area contributed by atoms with Crippen molar-refractivity contribution in [2.24, 2.45) is 0 Å². The first-order valence-electron chi connectivity index (χ1n) is 8.44. The van der Waals surface area contributed by atoms with Crippen LogP contribution in [0.25, 0.3) is 0 Å². The Morgan fingerprint density at radius 1 is 1.00 bits per heavy atom. The van der Waals surface area contributed by atoms with Crippen LogP contribution in [0.15, 0.2) is 76.6 Å². The van der Waals surface area contributed by atoms with Crippen molar-refractivity contribution in [2.75, 3.05) is 4.90 Å². The average Bonchev–Trinajstić information content (AvgIpc) is 3.32. The van der Waals surface area contributed by atoms with E-state index in [1.807, 2.05) is 0 Å². The van der Waals surface area contributed by atoms with E-state index in [-0.39, 0.29) is 22.6 Å². The number of benzene rings is 2. The fourth-order valence-electron chi connectivity index (χ4n) is 3.24. The summed E-state index contributed by atoms with van der Waals surface area (Å²) in [5, 5.41) is 10.5. The SMILES string of the molecule is O=C(C1=C(O)C(=O)N(c2ccc(F)c(F)c2)C1c1ccc(F)cc1)c1ccco1. The first-order chi connectivity index (χ1) is 13.9. The molecule has 8 heteroatoms. The molecular formula is C21H12F3NO4. The Kier molecular flexibility index (Phi) is 4.46. The topological polar surface area (TPSA) is 70.8 Å². The van der Waals surface area contributed by atoms with Gasteiger partial charge in [0.25, 0.3) is 5.91 Å². The molecule has 1 aliphatic heterocycles. The summed E-state index contributed by atoms with van der Waals surface area (Å²) in [6, 6.07) is 9.24. The van der Waals surface area contributed by atoms with Crippen LogP contribution in [0.1, 0.15) is 22.2 Å². The molecule has 1 aliphatic rings. The molecule has 0 fully saturated rings. The lowest BCUT2D eigenvalue weighted by Crippen LogP contribution is -2.31. The second-order valence-corrected chi connectivity index (χ2v) is 6.30. The van der Waals surface area contributed by atoms with E-state index in [9.17, 15) is 27.9 Å². The van der Waals surface area contributed by atoms with Gasteiger partial charge in [-0.2, -0.15) is 0 Å². The summed E-state index contributed by atoms with van der Waals surface area (Å²) in [5.41, 5.74) is -0.123. The summed E-state index contributed by atoms with van der Waals surface area (Å²) in [7, 11) is 0. The standard InChI is InChI=1S/C21H12F3NO4/c22-12-5-3-11(4-6-12)18-17(19(26)16-2-1-9-29-16)20(27)21(28)25(18)13-7-8-14(23)15(24)10-13/h1-10,18,27H. The number of amides is 1. The number of furan rings is 1. The van der Waals surface area contributed by atoms with Gasteiger partial charge in [-0.3, -0.25) is 14.5 Å². The molecule has 1 unspecified atom stereocenters. The van der Waals surface area contributed by atoms with Crippen molar-refractivity contribution in [3.8, 4) is 0 Å². The molecule has 5 nitrogen and oxygen atoms in total. The fourth-order valence-corrected chi connectivity index (χ4v) is 3.24. The molecule has 1 aromatic heterocycles. The Morgan fingerprint density at radius 2 is 1.72 bits per heavy atom. The number of rotatable bonds is 4. The number of anilines is 1. The number of hydrogen-bond acceptors (Lipinski definition) is 4. The minimum atomic E-state index is -1.21. The third-order valence-electron chi connectivity index (χ3n) is 4.56. The highest BCUT2D eigenvalue weighted by Gasteiger charge is 2.45. The van der Waals surface area contributed by atoms with Crippen molar-refractivity contribution in [3.63, 3.8) is 0 Å². The fraction of sp³-hybridized carbons (Fsp3) is 0.0476. The Balaban J connectivity index is 1.89. The minimum absolute atomic E-state index is 0.0861. The van der Waals surface area contributed by atoms with Gasteiger partial charge < -0.3 is 9.52 Å². The smallest absolute Gasteiger partial charge is 0.294 e. The number of aliphatic hydroxyl groups excluding tert-OH is 1. The molecule has 3 aromatic rings. The maximum Gasteiger partial charge on any atom is 0.294 e. The molecule has 0 radical (unpaired) electrons. The normalized spacial score (nSPS) is 16.6. The molecule has 2 heterocycles. The highest BCUT2D eigenvalue weighted by atomic mass is 19.2. The van der Waals surface area contributed by atoms with Crippen molar-refractivity contribution in [1.29, 1.82) is 0 Å². The molecule has 146 valence electrons. The number of carbonyl (C=O) groups excluding carboxylic acids is 2. The molecule has 1 amide bonds. The van der Waals surface area contributed by atoms with E-state index >= 15 is 0 Å². The van der Waals surface area contributed by atoms with Crippen molar-refractivity contribution in [2.45, 2.75) is 6.04 Å². The minimum Gasteiger partial charge on any atom is -0.503 e. The van der Waals surface area contributed by atoms with E-state index < -0.39 is 40.9 Å². The Hall–Kier alpha value is -3.81. The molecule has 0 aliphatic carbocycles. The van der Waals surface area contributed by atoms with Crippen molar-refractivity contribution in [1.82, 2.24) is 0 Å². The molecule has 1 atom stereocenters. The van der Waals surface area contributed by atoms with Gasteiger partial charge in [-0.15, -0.1) is 0 Å². The number of carbonyl (C=O) groups is 2. The number of Topliss-reactive ketones (excluding diaryl/α,β-unsaturated/α-hetero) is 1. The van der Waals surface area contributed by atoms with E-state index in [0.29, 0.717) is 0 Å². The van der Waals surface area contributed by atoms with Gasteiger partial charge in [0.1, 0.15) is 5.82 Å². The summed E-state index contributed by atoms with van der Waals surface area (Å²) < 4.78 is 45.7. The predicted octanol–water partition coefficient (Wildman–Crippen LogP) is 4.48. The van der Waals surface area contributed by atoms with E-state index in [2.05, 4.69) is 0 Å². The summed E-state index contributed by atoms with van der Waals surface area (Å²) >= 11 is 0. The summed E-state index contributed by atoms with van der Waals surface area (Å²) in [6.45, 7) is 0. The van der Waals surface area contributed by atoms with Gasteiger partial charge in [0.05, 0.1) is 17.9 Å². The average molecular weight is 399 g/mol. The van der Waals surface area contributed by atoms with Gasteiger partial charge in [-0.05, 0) is 42.0 Å². The maximum atomic E-state index is 13.8. The predicted molar refractivity (Wildman–Crippen MR) is 95.7 cm³/mol. The van der Waals surface area contributed by atoms with Crippen molar-refractivity contribution in [3.05, 3.63) is 101 Å². The molecular weight excluding hydrogens is 387 g/mol. The molecule has 1 N–H and O–H groups in total. The van der Waals surface area contributed by atoms with E-state index in [1.165, 1.54) is 30.5 Å². The number of nitrogens with zero attached hydrogens (tertiary/aromatic N) is 1. The highest BCUT2D eigenvalue weighted by Crippen LogP contribution is 2.42. The molecule has 29 heavy (non-hydrogen) atoms. The van der Waals surface area contributed by atoms with Gasteiger partial charge in [0, 0.05) is 11.8 Å². The zero-order valence-electron chi connectivity index (χ0n) is 14.6. The Morgan fingerprint density at radius 3 is 2.34 bits per heavy atom. The van der Waals surface area contributed by atoms with Crippen LogP contribution in [0, 0.1) is 17.5 Å². The van der Waals surface area contributed by atoms with E-state index in [1.54, 1.807) is 0 Å². The first kappa shape index (κ1) is 18.5. The zero-order chi connectivity index (χ0) is 20.7. The van der Waals surface area contributed by atoms with Gasteiger partial charge in [0.15, 0.2) is 23.2 Å². The van der Waals surface area contributed by atoms with Gasteiger partial charge in [0.2, 0.25) is 5.78 Å². The summed E-state index contributed by atoms with van der Waals surface area (Å²) in [5.74, 6) is -5.62. The second kappa shape index (κ2) is 6.97. The second-order valence-electron chi connectivity index (χ2n) is 6.30. The van der Waals surface area contributed by atoms with Crippen LogP contribution in [0.2, 0.25) is 0 Å². The third kappa shape index (κ3) is 3.08. The zero-order valence-corrected chi connectivity index (χ0v) is 14.6. The van der Waals surface area contributed by atoms with Gasteiger partial charge in [-0.1, -0.05) is 12.1 Å². The lowest BCUT2D eigenvalue weighted by molar-refractivity contribution is -0.117. The van der Waals surface area contributed by atoms with Gasteiger partial charge >= 0.3 is 0 Å². The van der Waals surface area contributed by atoms with Crippen LogP contribution in [0.4, 0.5) is 18.9 Å². The first-order valence-corrected chi connectivity index (χ1v) is 8.44. The molecule has 2 aromatic carbocycles. The van der Waals surface area contributed by atoms with E-state index in [4.69, 9.17) is 4.42 Å². The lowest BCUT2D eigenvalue weighted by atomic mass is 9.95. The van der Waals surface area contributed by atoms with Crippen molar-refractivity contribution < 1.29 is 32.3 Å². The number of ketones is 1. The molecule has 0 saturated heterocycles. The monoisotopic (exact) mass is 399 g/mol. The van der Waals surface area contributed by atoms with Crippen LogP contribution in [-0.4, -0.2) is 16.8 Å². The quantitative estimate of drug-likeness (QED) is 0.657. The molecule has 4 rings (SSSR count). The maximum absolute atomic E-state index is 13.8. The van der Waals surface area contributed by atoms with Gasteiger partial charge in [-0.25, -0.2) is 13.2 Å². The lowest BCUT2D eigenvalue weighted by Gasteiger charge is -2.26.